The molecule has 1 atom stereocenters. The predicted octanol–water partition coefficient (Wildman–Crippen LogP) is 2.86. The lowest BCUT2D eigenvalue weighted by Gasteiger charge is -2.30. The van der Waals surface area contributed by atoms with Gasteiger partial charge in [-0.15, -0.1) is 30.6 Å². The van der Waals surface area contributed by atoms with Gasteiger partial charge in [0, 0.05) is 26.2 Å². The van der Waals surface area contributed by atoms with E-state index in [1.165, 1.54) is 38.9 Å². The number of nitrogens with one attached hydrogen (secondary N) is 2. The lowest BCUT2D eigenvalue weighted by Crippen LogP contribution is -2.37. The standard InChI is InChI=1S/C16H32N4.HI/c1-4-10-18-16(17-5-2)19-11-6-7-12-20-13-8-9-15(3)14-20;/h4,15H,1,5-14H2,2-3H3,(H2,17,18,19);1H. The van der Waals surface area contributed by atoms with E-state index < -0.39 is 0 Å². The normalized spacial score (nSPS) is 19.7. The fraction of sp³-hybridized carbons (Fsp3) is 0.812. The minimum Gasteiger partial charge on any atom is -0.357 e. The van der Waals surface area contributed by atoms with E-state index in [0.29, 0.717) is 0 Å². The first kappa shape index (κ1) is 20.7. The van der Waals surface area contributed by atoms with Gasteiger partial charge in [0.1, 0.15) is 0 Å². The number of aliphatic imine (C=N–C) groups is 1. The summed E-state index contributed by atoms with van der Waals surface area (Å²) in [7, 11) is 0. The van der Waals surface area contributed by atoms with E-state index >= 15 is 0 Å². The number of nitrogens with zero attached hydrogens (tertiary/aromatic N) is 2. The molecular weight excluding hydrogens is 375 g/mol. The van der Waals surface area contributed by atoms with Crippen molar-refractivity contribution in [2.75, 3.05) is 39.3 Å². The average molecular weight is 408 g/mol. The monoisotopic (exact) mass is 408 g/mol. The van der Waals surface area contributed by atoms with E-state index in [4.69, 9.17) is 0 Å². The van der Waals surface area contributed by atoms with Crippen LogP contribution in [0.5, 0.6) is 0 Å². The quantitative estimate of drug-likeness (QED) is 0.213. The minimum absolute atomic E-state index is 0. The van der Waals surface area contributed by atoms with Crippen LogP contribution in [0.1, 0.15) is 39.5 Å². The summed E-state index contributed by atoms with van der Waals surface area (Å²) in [6.07, 6.45) is 7.04. The van der Waals surface area contributed by atoms with Gasteiger partial charge in [0.05, 0.1) is 0 Å². The highest BCUT2D eigenvalue weighted by molar-refractivity contribution is 14.0. The molecule has 1 aliphatic rings. The van der Waals surface area contributed by atoms with Crippen molar-refractivity contribution in [3.8, 4) is 0 Å². The van der Waals surface area contributed by atoms with Crippen LogP contribution < -0.4 is 10.6 Å². The Morgan fingerprint density at radius 1 is 1.38 bits per heavy atom. The third-order valence-electron chi connectivity index (χ3n) is 3.65. The van der Waals surface area contributed by atoms with Gasteiger partial charge in [0.15, 0.2) is 5.96 Å². The van der Waals surface area contributed by atoms with Crippen molar-refractivity contribution in [2.24, 2.45) is 10.9 Å². The van der Waals surface area contributed by atoms with Crippen molar-refractivity contribution < 1.29 is 0 Å². The maximum absolute atomic E-state index is 4.58. The number of hydrogen-bond donors (Lipinski definition) is 2. The van der Waals surface area contributed by atoms with E-state index in [1.807, 2.05) is 6.08 Å². The molecule has 124 valence electrons. The van der Waals surface area contributed by atoms with E-state index in [2.05, 4.69) is 41.0 Å². The van der Waals surface area contributed by atoms with E-state index in [9.17, 15) is 0 Å². The fourth-order valence-electron chi connectivity index (χ4n) is 2.64. The molecule has 1 fully saturated rings. The topological polar surface area (TPSA) is 39.7 Å². The van der Waals surface area contributed by atoms with Gasteiger partial charge >= 0.3 is 0 Å². The zero-order valence-electron chi connectivity index (χ0n) is 13.7. The molecule has 1 saturated heterocycles. The molecule has 0 spiro atoms. The highest BCUT2D eigenvalue weighted by Gasteiger charge is 2.15. The van der Waals surface area contributed by atoms with Crippen LogP contribution >= 0.6 is 24.0 Å². The van der Waals surface area contributed by atoms with Gasteiger partial charge < -0.3 is 15.5 Å². The first-order valence-electron chi connectivity index (χ1n) is 8.11. The van der Waals surface area contributed by atoms with Crippen LogP contribution in [0.3, 0.4) is 0 Å². The number of rotatable bonds is 8. The second-order valence-electron chi connectivity index (χ2n) is 5.69. The number of likely N-dealkylation sites (tertiary alicyclic amines) is 1. The number of unbranched alkanes of at least 4 members (excludes halogenated alkanes) is 1. The van der Waals surface area contributed by atoms with Gasteiger partial charge in [-0.3, -0.25) is 4.99 Å². The Kier molecular flexibility index (Phi) is 13.2. The van der Waals surface area contributed by atoms with E-state index in [-0.39, 0.29) is 24.0 Å². The van der Waals surface area contributed by atoms with Crippen molar-refractivity contribution >= 4 is 29.9 Å². The molecule has 0 amide bonds. The van der Waals surface area contributed by atoms with Crippen molar-refractivity contribution in [3.05, 3.63) is 12.7 Å². The van der Waals surface area contributed by atoms with Crippen LogP contribution in [0.15, 0.2) is 17.6 Å². The van der Waals surface area contributed by atoms with Gasteiger partial charge in [0.25, 0.3) is 0 Å². The summed E-state index contributed by atoms with van der Waals surface area (Å²) in [6, 6.07) is 0. The first-order chi connectivity index (χ1) is 9.76. The van der Waals surface area contributed by atoms with Crippen LogP contribution in [0.25, 0.3) is 0 Å². The number of halogens is 1. The number of guanidine groups is 1. The molecule has 1 aliphatic heterocycles. The van der Waals surface area contributed by atoms with Crippen LogP contribution in [0, 0.1) is 5.92 Å². The SMILES string of the molecule is C=CCNC(=NCCCCN1CCCC(C)C1)NCC.I. The molecule has 2 N–H and O–H groups in total. The smallest absolute Gasteiger partial charge is 0.191 e. The molecule has 0 aromatic carbocycles. The third kappa shape index (κ3) is 10.1. The summed E-state index contributed by atoms with van der Waals surface area (Å²) in [4.78, 5) is 7.19. The molecular formula is C16H33IN4. The van der Waals surface area contributed by atoms with E-state index in [0.717, 1.165) is 37.9 Å². The number of piperidine rings is 1. The molecule has 1 unspecified atom stereocenters. The first-order valence-corrected chi connectivity index (χ1v) is 8.11. The van der Waals surface area contributed by atoms with Crippen molar-refractivity contribution in [2.45, 2.75) is 39.5 Å². The molecule has 4 nitrogen and oxygen atoms in total. The Labute approximate surface area is 147 Å². The molecule has 21 heavy (non-hydrogen) atoms. The van der Waals surface area contributed by atoms with Crippen molar-refractivity contribution in [3.63, 3.8) is 0 Å². The fourth-order valence-corrected chi connectivity index (χ4v) is 2.64. The Morgan fingerprint density at radius 3 is 2.86 bits per heavy atom. The van der Waals surface area contributed by atoms with Crippen LogP contribution in [-0.4, -0.2) is 50.1 Å². The lowest BCUT2D eigenvalue weighted by molar-refractivity contribution is 0.181. The molecule has 0 aliphatic carbocycles. The zero-order chi connectivity index (χ0) is 14.6. The van der Waals surface area contributed by atoms with Crippen LogP contribution in [0.4, 0.5) is 0 Å². The molecule has 5 heteroatoms. The largest absolute Gasteiger partial charge is 0.357 e. The third-order valence-corrected chi connectivity index (χ3v) is 3.65. The Bertz CT molecular complexity index is 294. The number of hydrogen-bond acceptors (Lipinski definition) is 2. The Balaban J connectivity index is 0.00000400. The summed E-state index contributed by atoms with van der Waals surface area (Å²) < 4.78 is 0. The van der Waals surface area contributed by atoms with E-state index in [1.54, 1.807) is 0 Å². The second kappa shape index (κ2) is 13.4. The zero-order valence-corrected chi connectivity index (χ0v) is 16.1. The Morgan fingerprint density at radius 2 is 2.19 bits per heavy atom. The van der Waals surface area contributed by atoms with Gasteiger partial charge in [-0.1, -0.05) is 13.0 Å². The lowest BCUT2D eigenvalue weighted by atomic mass is 10.0. The second-order valence-corrected chi connectivity index (χ2v) is 5.69. The highest BCUT2D eigenvalue weighted by Crippen LogP contribution is 2.15. The average Bonchev–Trinajstić information content (AvgIpc) is 2.44. The molecule has 1 heterocycles. The van der Waals surface area contributed by atoms with Gasteiger partial charge in [-0.2, -0.15) is 0 Å². The maximum atomic E-state index is 4.58. The van der Waals surface area contributed by atoms with Gasteiger partial charge in [-0.05, 0) is 51.6 Å². The van der Waals surface area contributed by atoms with Crippen molar-refractivity contribution in [1.82, 2.24) is 15.5 Å². The summed E-state index contributed by atoms with van der Waals surface area (Å²) in [5, 5.41) is 6.47. The highest BCUT2D eigenvalue weighted by atomic mass is 127. The molecule has 0 aromatic heterocycles. The summed E-state index contributed by atoms with van der Waals surface area (Å²) >= 11 is 0. The predicted molar refractivity (Wildman–Crippen MR) is 104 cm³/mol. The maximum Gasteiger partial charge on any atom is 0.191 e. The molecule has 1 rings (SSSR count). The molecule has 0 saturated carbocycles. The summed E-state index contributed by atoms with van der Waals surface area (Å²) in [5.74, 6) is 1.78. The molecule has 0 radical (unpaired) electrons. The summed E-state index contributed by atoms with van der Waals surface area (Å²) in [6.45, 7) is 14.5. The minimum atomic E-state index is 0. The summed E-state index contributed by atoms with van der Waals surface area (Å²) in [5.41, 5.74) is 0. The molecule has 0 aromatic rings. The van der Waals surface area contributed by atoms with Crippen molar-refractivity contribution in [1.29, 1.82) is 0 Å². The van der Waals surface area contributed by atoms with Gasteiger partial charge in [0.2, 0.25) is 0 Å². The van der Waals surface area contributed by atoms with Crippen LogP contribution in [0.2, 0.25) is 0 Å². The van der Waals surface area contributed by atoms with Gasteiger partial charge in [-0.25, -0.2) is 0 Å². The Hall–Kier alpha value is -0.300. The van der Waals surface area contributed by atoms with Crippen LogP contribution in [-0.2, 0) is 0 Å². The molecule has 0 bridgehead atoms.